The summed E-state index contributed by atoms with van der Waals surface area (Å²) in [6.45, 7) is 8.14. The number of hydrogen-bond acceptors (Lipinski definition) is 4. The Labute approximate surface area is 130 Å². The molecular weight excluding hydrogens is 282 g/mol. The van der Waals surface area contributed by atoms with Gasteiger partial charge >= 0.3 is 0 Å². The Balaban J connectivity index is 1.74. The summed E-state index contributed by atoms with van der Waals surface area (Å²) in [6, 6.07) is 5.21. The van der Waals surface area contributed by atoms with Crippen LogP contribution in [0.2, 0.25) is 0 Å². The number of fused-ring (bicyclic) bond motifs is 1. The van der Waals surface area contributed by atoms with Gasteiger partial charge in [0, 0.05) is 31.7 Å². The zero-order valence-corrected chi connectivity index (χ0v) is 13.0. The number of nitrogens with one attached hydrogen (secondary N) is 1. The summed E-state index contributed by atoms with van der Waals surface area (Å²) in [5.41, 5.74) is 1.16. The number of likely N-dealkylation sites (N-methyl/N-ethyl adjacent to an activating group) is 1. The van der Waals surface area contributed by atoms with Crippen molar-refractivity contribution in [1.82, 2.24) is 9.80 Å². The third-order valence-corrected chi connectivity index (χ3v) is 4.26. The van der Waals surface area contributed by atoms with E-state index < -0.39 is 6.10 Å². The molecule has 1 unspecified atom stereocenters. The van der Waals surface area contributed by atoms with Crippen LogP contribution in [0.1, 0.15) is 24.2 Å². The Morgan fingerprint density at radius 2 is 2.05 bits per heavy atom. The second-order valence-corrected chi connectivity index (χ2v) is 5.69. The lowest BCUT2D eigenvalue weighted by molar-refractivity contribution is -0.122. The van der Waals surface area contributed by atoms with Gasteiger partial charge in [0.2, 0.25) is 0 Å². The lowest BCUT2D eigenvalue weighted by Crippen LogP contribution is -2.48. The number of carbonyl (C=O) groups excluding carboxylic acids is 2. The monoisotopic (exact) mass is 303 g/mol. The predicted octanol–water partition coefficient (Wildman–Crippen LogP) is 1.18. The van der Waals surface area contributed by atoms with Crippen molar-refractivity contribution in [1.29, 1.82) is 0 Å². The maximum absolute atomic E-state index is 12.6. The van der Waals surface area contributed by atoms with Crippen LogP contribution < -0.4 is 10.1 Å². The summed E-state index contributed by atoms with van der Waals surface area (Å²) in [7, 11) is 0. The number of benzene rings is 1. The van der Waals surface area contributed by atoms with Crippen LogP contribution >= 0.6 is 0 Å². The van der Waals surface area contributed by atoms with Gasteiger partial charge in [0.1, 0.15) is 5.75 Å². The van der Waals surface area contributed by atoms with Crippen LogP contribution in [0.25, 0.3) is 0 Å². The highest BCUT2D eigenvalue weighted by atomic mass is 16.5. The van der Waals surface area contributed by atoms with Gasteiger partial charge in [0.25, 0.3) is 11.8 Å². The minimum Gasteiger partial charge on any atom is -0.479 e. The SMILES string of the molecule is CCN1CCN(C(=O)c2ccc3c(c2)NC(=O)C(C)O3)CC1. The predicted molar refractivity (Wildman–Crippen MR) is 83.2 cm³/mol. The second-order valence-electron chi connectivity index (χ2n) is 5.69. The fraction of sp³-hybridized carbons (Fsp3) is 0.500. The van der Waals surface area contributed by atoms with Crippen LogP contribution in [-0.4, -0.2) is 60.4 Å². The van der Waals surface area contributed by atoms with Gasteiger partial charge in [-0.2, -0.15) is 0 Å². The molecule has 2 heterocycles. The molecule has 6 nitrogen and oxygen atoms in total. The van der Waals surface area contributed by atoms with Crippen LogP contribution in [0.4, 0.5) is 5.69 Å². The van der Waals surface area contributed by atoms with Crippen molar-refractivity contribution in [2.45, 2.75) is 20.0 Å². The molecule has 2 aliphatic heterocycles. The number of ether oxygens (including phenoxy) is 1. The van der Waals surface area contributed by atoms with Gasteiger partial charge in [-0.1, -0.05) is 6.92 Å². The number of hydrogen-bond donors (Lipinski definition) is 1. The van der Waals surface area contributed by atoms with E-state index in [2.05, 4.69) is 17.1 Å². The summed E-state index contributed by atoms with van der Waals surface area (Å²) in [4.78, 5) is 28.4. The number of piperazine rings is 1. The molecule has 0 radical (unpaired) electrons. The fourth-order valence-electron chi connectivity index (χ4n) is 2.79. The van der Waals surface area contributed by atoms with Gasteiger partial charge in [0.15, 0.2) is 6.10 Å². The topological polar surface area (TPSA) is 61.9 Å². The third-order valence-electron chi connectivity index (χ3n) is 4.26. The van der Waals surface area contributed by atoms with E-state index in [4.69, 9.17) is 4.74 Å². The minimum atomic E-state index is -0.504. The van der Waals surface area contributed by atoms with Crippen LogP contribution in [0, 0.1) is 0 Å². The highest BCUT2D eigenvalue weighted by Gasteiger charge is 2.26. The number of rotatable bonds is 2. The first-order valence-electron chi connectivity index (χ1n) is 7.71. The molecule has 2 amide bonds. The molecule has 1 atom stereocenters. The first-order valence-corrected chi connectivity index (χ1v) is 7.71. The Morgan fingerprint density at radius 3 is 2.73 bits per heavy atom. The van der Waals surface area contributed by atoms with Crippen molar-refractivity contribution in [3.63, 3.8) is 0 Å². The van der Waals surface area contributed by atoms with Gasteiger partial charge in [-0.05, 0) is 31.7 Å². The van der Waals surface area contributed by atoms with E-state index in [0.717, 1.165) is 32.7 Å². The molecule has 1 fully saturated rings. The van der Waals surface area contributed by atoms with E-state index in [1.165, 1.54) is 0 Å². The van der Waals surface area contributed by atoms with Gasteiger partial charge in [-0.15, -0.1) is 0 Å². The zero-order chi connectivity index (χ0) is 15.7. The maximum Gasteiger partial charge on any atom is 0.265 e. The summed E-state index contributed by atoms with van der Waals surface area (Å²) in [6.07, 6.45) is -0.504. The van der Waals surface area contributed by atoms with Gasteiger partial charge in [-0.25, -0.2) is 0 Å². The lowest BCUT2D eigenvalue weighted by atomic mass is 10.1. The molecule has 0 aromatic heterocycles. The van der Waals surface area contributed by atoms with Crippen molar-refractivity contribution in [3.8, 4) is 5.75 Å². The molecule has 2 aliphatic rings. The van der Waals surface area contributed by atoms with Crippen LogP contribution in [0.5, 0.6) is 5.75 Å². The molecule has 1 aromatic carbocycles. The second kappa shape index (κ2) is 5.96. The first kappa shape index (κ1) is 14.8. The number of anilines is 1. The first-order chi connectivity index (χ1) is 10.6. The molecule has 1 N–H and O–H groups in total. The van der Waals surface area contributed by atoms with E-state index >= 15 is 0 Å². The Morgan fingerprint density at radius 1 is 1.32 bits per heavy atom. The van der Waals surface area contributed by atoms with Gasteiger partial charge in [-0.3, -0.25) is 9.59 Å². The molecule has 22 heavy (non-hydrogen) atoms. The minimum absolute atomic E-state index is 0.00595. The Hall–Kier alpha value is -2.08. The van der Waals surface area contributed by atoms with Gasteiger partial charge in [0.05, 0.1) is 5.69 Å². The molecule has 0 saturated carbocycles. The van der Waals surface area contributed by atoms with E-state index in [9.17, 15) is 9.59 Å². The van der Waals surface area contributed by atoms with Crippen molar-refractivity contribution >= 4 is 17.5 Å². The normalized spacial score (nSPS) is 21.8. The maximum atomic E-state index is 12.6. The molecular formula is C16H21N3O3. The van der Waals surface area contributed by atoms with Crippen LogP contribution in [-0.2, 0) is 4.79 Å². The highest BCUT2D eigenvalue weighted by Crippen LogP contribution is 2.30. The van der Waals surface area contributed by atoms with Crippen molar-refractivity contribution < 1.29 is 14.3 Å². The standard InChI is InChI=1S/C16H21N3O3/c1-3-18-6-8-19(9-7-18)16(21)12-4-5-14-13(10-12)17-15(20)11(2)22-14/h4-5,10-11H,3,6-9H2,1-2H3,(H,17,20). The number of amides is 2. The average Bonchev–Trinajstić information content (AvgIpc) is 2.55. The summed E-state index contributed by atoms with van der Waals surface area (Å²) in [5.74, 6) is 0.430. The molecule has 6 heteroatoms. The van der Waals surface area contributed by atoms with Crippen molar-refractivity contribution in [2.75, 3.05) is 38.0 Å². The average molecular weight is 303 g/mol. The Bertz CT molecular complexity index is 594. The zero-order valence-electron chi connectivity index (χ0n) is 13.0. The fourth-order valence-corrected chi connectivity index (χ4v) is 2.79. The number of nitrogens with zero attached hydrogens (tertiary/aromatic N) is 2. The van der Waals surface area contributed by atoms with Crippen LogP contribution in [0.3, 0.4) is 0 Å². The highest BCUT2D eigenvalue weighted by molar-refractivity contribution is 6.01. The van der Waals surface area contributed by atoms with Crippen LogP contribution in [0.15, 0.2) is 18.2 Å². The summed E-state index contributed by atoms with van der Waals surface area (Å²) >= 11 is 0. The molecule has 1 saturated heterocycles. The molecule has 1 aromatic rings. The molecule has 0 bridgehead atoms. The van der Waals surface area contributed by atoms with E-state index in [0.29, 0.717) is 17.0 Å². The Kier molecular flexibility index (Phi) is 4.02. The molecule has 0 spiro atoms. The van der Waals surface area contributed by atoms with Crippen molar-refractivity contribution in [2.24, 2.45) is 0 Å². The smallest absolute Gasteiger partial charge is 0.265 e. The third kappa shape index (κ3) is 2.78. The van der Waals surface area contributed by atoms with E-state index in [1.807, 2.05) is 4.90 Å². The molecule has 3 rings (SSSR count). The molecule has 0 aliphatic carbocycles. The summed E-state index contributed by atoms with van der Waals surface area (Å²) < 4.78 is 5.51. The quantitative estimate of drug-likeness (QED) is 0.891. The number of carbonyl (C=O) groups is 2. The van der Waals surface area contributed by atoms with E-state index in [1.54, 1.807) is 25.1 Å². The largest absolute Gasteiger partial charge is 0.479 e. The van der Waals surface area contributed by atoms with Crippen molar-refractivity contribution in [3.05, 3.63) is 23.8 Å². The molecule has 118 valence electrons. The van der Waals surface area contributed by atoms with Gasteiger partial charge < -0.3 is 19.9 Å². The van der Waals surface area contributed by atoms with E-state index in [-0.39, 0.29) is 11.8 Å². The lowest BCUT2D eigenvalue weighted by Gasteiger charge is -2.34. The summed E-state index contributed by atoms with van der Waals surface area (Å²) in [5, 5.41) is 2.78.